The fraction of sp³-hybridized carbons (Fsp3) is 0.200. The molecule has 0 unspecified atom stereocenters. The van der Waals surface area contributed by atoms with Gasteiger partial charge in [0.05, 0.1) is 4.92 Å². The number of hydrogen-bond acceptors (Lipinski definition) is 4. The monoisotopic (exact) mass is 306 g/mol. The second-order valence-corrected chi connectivity index (χ2v) is 5.39. The zero-order valence-electron chi connectivity index (χ0n) is 11.5. The van der Waals surface area contributed by atoms with Gasteiger partial charge in [-0.15, -0.1) is 11.8 Å². The predicted molar refractivity (Wildman–Crippen MR) is 83.2 cm³/mol. The van der Waals surface area contributed by atoms with Crippen molar-refractivity contribution in [1.29, 1.82) is 0 Å². The third kappa shape index (κ3) is 3.95. The average molecular weight is 306 g/mol. The second-order valence-electron chi connectivity index (χ2n) is 4.34. The van der Waals surface area contributed by atoms with Crippen LogP contribution in [0.25, 0.3) is 0 Å². The van der Waals surface area contributed by atoms with Crippen LogP contribution < -0.4 is 5.32 Å². The number of rotatable bonds is 6. The Morgan fingerprint density at radius 3 is 2.71 bits per heavy atom. The standard InChI is InChI=1S/C15H15FN2O2S/c1-2-17-15-11(5-3-8-14(15)18(19)20)10-21-13-7-4-6-12(16)9-13/h3-9,17H,2,10H2,1H3. The van der Waals surface area contributed by atoms with E-state index in [2.05, 4.69) is 5.32 Å². The summed E-state index contributed by atoms with van der Waals surface area (Å²) >= 11 is 1.45. The molecule has 0 amide bonds. The smallest absolute Gasteiger partial charge is 0.292 e. The van der Waals surface area contributed by atoms with Crippen LogP contribution in [0.4, 0.5) is 15.8 Å². The molecular formula is C15H15FN2O2S. The molecule has 0 spiro atoms. The highest BCUT2D eigenvalue weighted by atomic mass is 32.2. The summed E-state index contributed by atoms with van der Waals surface area (Å²) in [5, 5.41) is 14.1. The lowest BCUT2D eigenvalue weighted by Crippen LogP contribution is -2.04. The molecule has 0 radical (unpaired) electrons. The Kier molecular flexibility index (Phi) is 5.16. The Morgan fingerprint density at radius 1 is 1.29 bits per heavy atom. The summed E-state index contributed by atoms with van der Waals surface area (Å²) in [4.78, 5) is 11.5. The molecule has 4 nitrogen and oxygen atoms in total. The first kappa shape index (κ1) is 15.3. The average Bonchev–Trinajstić information content (AvgIpc) is 2.46. The Labute approximate surface area is 126 Å². The molecule has 0 saturated carbocycles. The number of nitrogens with zero attached hydrogens (tertiary/aromatic N) is 1. The molecule has 110 valence electrons. The molecule has 0 fully saturated rings. The largest absolute Gasteiger partial charge is 0.380 e. The first-order valence-electron chi connectivity index (χ1n) is 6.50. The summed E-state index contributed by atoms with van der Waals surface area (Å²) in [6, 6.07) is 11.3. The summed E-state index contributed by atoms with van der Waals surface area (Å²) in [6.45, 7) is 2.49. The molecular weight excluding hydrogens is 291 g/mol. The van der Waals surface area contributed by atoms with Crippen molar-refractivity contribution in [3.63, 3.8) is 0 Å². The van der Waals surface area contributed by atoms with Gasteiger partial charge in [-0.2, -0.15) is 0 Å². The van der Waals surface area contributed by atoms with Crippen molar-refractivity contribution in [3.8, 4) is 0 Å². The van der Waals surface area contributed by atoms with Crippen LogP contribution >= 0.6 is 11.8 Å². The molecule has 0 aliphatic rings. The molecule has 0 bridgehead atoms. The maximum absolute atomic E-state index is 13.1. The van der Waals surface area contributed by atoms with E-state index in [1.54, 1.807) is 12.1 Å². The first-order valence-corrected chi connectivity index (χ1v) is 7.49. The van der Waals surface area contributed by atoms with Crippen molar-refractivity contribution in [2.24, 2.45) is 0 Å². The molecule has 0 aliphatic heterocycles. The fourth-order valence-electron chi connectivity index (χ4n) is 1.96. The van der Waals surface area contributed by atoms with Gasteiger partial charge in [-0.25, -0.2) is 4.39 Å². The van der Waals surface area contributed by atoms with Crippen LogP contribution in [0.5, 0.6) is 0 Å². The molecule has 0 saturated heterocycles. The van der Waals surface area contributed by atoms with Gasteiger partial charge in [0.1, 0.15) is 11.5 Å². The van der Waals surface area contributed by atoms with E-state index in [0.717, 1.165) is 10.5 Å². The Bertz CT molecular complexity index is 649. The minimum atomic E-state index is -0.394. The van der Waals surface area contributed by atoms with E-state index < -0.39 is 4.92 Å². The lowest BCUT2D eigenvalue weighted by molar-refractivity contribution is -0.384. The van der Waals surface area contributed by atoms with Crippen molar-refractivity contribution >= 4 is 23.1 Å². The number of para-hydroxylation sites is 1. The number of hydrogen-bond donors (Lipinski definition) is 1. The summed E-state index contributed by atoms with van der Waals surface area (Å²) in [7, 11) is 0. The number of anilines is 1. The maximum Gasteiger partial charge on any atom is 0.292 e. The van der Waals surface area contributed by atoms with Crippen molar-refractivity contribution in [2.45, 2.75) is 17.6 Å². The summed E-state index contributed by atoms with van der Waals surface area (Å²) in [5.74, 6) is 0.249. The first-order chi connectivity index (χ1) is 10.1. The second kappa shape index (κ2) is 7.08. The number of nitrogens with one attached hydrogen (secondary N) is 1. The quantitative estimate of drug-likeness (QED) is 0.486. The van der Waals surface area contributed by atoms with Crippen LogP contribution in [0.2, 0.25) is 0 Å². The number of halogens is 1. The van der Waals surface area contributed by atoms with Gasteiger partial charge >= 0.3 is 0 Å². The predicted octanol–water partition coefficient (Wildman–Crippen LogP) is 4.46. The van der Waals surface area contributed by atoms with Crippen LogP contribution in [0.3, 0.4) is 0 Å². The highest BCUT2D eigenvalue weighted by Gasteiger charge is 2.16. The van der Waals surface area contributed by atoms with Crippen molar-refractivity contribution < 1.29 is 9.31 Å². The van der Waals surface area contributed by atoms with Crippen molar-refractivity contribution in [2.75, 3.05) is 11.9 Å². The fourth-order valence-corrected chi connectivity index (χ4v) is 2.89. The third-order valence-electron chi connectivity index (χ3n) is 2.87. The topological polar surface area (TPSA) is 55.2 Å². The van der Waals surface area contributed by atoms with Crippen LogP contribution in [0.15, 0.2) is 47.4 Å². The molecule has 0 heterocycles. The highest BCUT2D eigenvalue weighted by Crippen LogP contribution is 2.33. The molecule has 21 heavy (non-hydrogen) atoms. The van der Waals surface area contributed by atoms with Gasteiger partial charge in [0.15, 0.2) is 0 Å². The summed E-state index contributed by atoms with van der Waals surface area (Å²) in [6.07, 6.45) is 0. The number of nitro groups is 1. The summed E-state index contributed by atoms with van der Waals surface area (Å²) in [5.41, 5.74) is 1.43. The molecule has 0 atom stereocenters. The minimum Gasteiger partial charge on any atom is -0.380 e. The number of thioether (sulfide) groups is 1. The van der Waals surface area contributed by atoms with Crippen molar-refractivity contribution in [1.82, 2.24) is 0 Å². The van der Waals surface area contributed by atoms with Gasteiger partial charge in [0, 0.05) is 23.3 Å². The molecule has 6 heteroatoms. The van der Waals surface area contributed by atoms with E-state index in [4.69, 9.17) is 0 Å². The van der Waals surface area contributed by atoms with Crippen LogP contribution in [-0.4, -0.2) is 11.5 Å². The normalized spacial score (nSPS) is 10.4. The highest BCUT2D eigenvalue weighted by molar-refractivity contribution is 7.98. The molecule has 2 aromatic carbocycles. The van der Waals surface area contributed by atoms with E-state index >= 15 is 0 Å². The number of nitro benzene ring substituents is 1. The van der Waals surface area contributed by atoms with Gasteiger partial charge in [-0.1, -0.05) is 18.2 Å². The molecule has 1 N–H and O–H groups in total. The Hall–Kier alpha value is -2.08. The maximum atomic E-state index is 13.1. The van der Waals surface area contributed by atoms with Crippen LogP contribution in [-0.2, 0) is 5.75 Å². The number of benzene rings is 2. The molecule has 0 aliphatic carbocycles. The summed E-state index contributed by atoms with van der Waals surface area (Å²) < 4.78 is 13.1. The van der Waals surface area contributed by atoms with Gasteiger partial charge in [0.25, 0.3) is 5.69 Å². The van der Waals surface area contributed by atoms with Crippen LogP contribution in [0.1, 0.15) is 12.5 Å². The lowest BCUT2D eigenvalue weighted by Gasteiger charge is -2.11. The third-order valence-corrected chi connectivity index (χ3v) is 3.91. The lowest BCUT2D eigenvalue weighted by atomic mass is 10.1. The van der Waals surface area contributed by atoms with Gasteiger partial charge in [-0.05, 0) is 30.7 Å². The zero-order valence-corrected chi connectivity index (χ0v) is 12.3. The molecule has 2 aromatic rings. The van der Waals surface area contributed by atoms with Gasteiger partial charge in [0.2, 0.25) is 0 Å². The van der Waals surface area contributed by atoms with E-state index in [9.17, 15) is 14.5 Å². The van der Waals surface area contributed by atoms with Crippen molar-refractivity contribution in [3.05, 3.63) is 64.0 Å². The van der Waals surface area contributed by atoms with Gasteiger partial charge < -0.3 is 5.32 Å². The van der Waals surface area contributed by atoms with E-state index in [0.29, 0.717) is 18.0 Å². The molecule has 2 rings (SSSR count). The Morgan fingerprint density at radius 2 is 2.05 bits per heavy atom. The zero-order chi connectivity index (χ0) is 15.2. The molecule has 0 aromatic heterocycles. The SMILES string of the molecule is CCNc1c(CSc2cccc(F)c2)cccc1[N+](=O)[O-]. The van der Waals surface area contributed by atoms with E-state index in [1.165, 1.54) is 30.0 Å². The van der Waals surface area contributed by atoms with Crippen LogP contribution in [0, 0.1) is 15.9 Å². The van der Waals surface area contributed by atoms with E-state index in [1.807, 2.05) is 19.1 Å². The van der Waals surface area contributed by atoms with Gasteiger partial charge in [-0.3, -0.25) is 10.1 Å². The minimum absolute atomic E-state index is 0.0641. The van der Waals surface area contributed by atoms with E-state index in [-0.39, 0.29) is 11.5 Å². The Balaban J connectivity index is 2.23.